The van der Waals surface area contributed by atoms with Crippen LogP contribution in [0.3, 0.4) is 0 Å². The monoisotopic (exact) mass is 489 g/mol. The molecule has 3 fully saturated rings. The summed E-state index contributed by atoms with van der Waals surface area (Å²) in [5.41, 5.74) is 0.396. The maximum absolute atomic E-state index is 13.7. The van der Waals surface area contributed by atoms with Crippen LogP contribution in [0.5, 0.6) is 5.88 Å². The second-order valence-corrected chi connectivity index (χ2v) is 9.57. The fourth-order valence-electron chi connectivity index (χ4n) is 3.62. The number of alkyl halides is 3. The lowest BCUT2D eigenvalue weighted by Crippen LogP contribution is -2.60. The molecule has 0 aromatic carbocycles. The van der Waals surface area contributed by atoms with Crippen molar-refractivity contribution < 1.29 is 41.5 Å². The summed E-state index contributed by atoms with van der Waals surface area (Å²) in [4.78, 5) is 27.2. The summed E-state index contributed by atoms with van der Waals surface area (Å²) in [6.07, 6.45) is -0.637. The average molecular weight is 489 g/mol. The van der Waals surface area contributed by atoms with Gasteiger partial charge in [0.2, 0.25) is 0 Å². The van der Waals surface area contributed by atoms with Crippen molar-refractivity contribution >= 4 is 23.6 Å². The van der Waals surface area contributed by atoms with Crippen LogP contribution in [-0.2, 0) is 4.79 Å². The molecule has 8 nitrogen and oxygen atoms in total. The third-order valence-electron chi connectivity index (χ3n) is 5.39. The third kappa shape index (κ3) is 5.40. The molecule has 13 heteroatoms. The summed E-state index contributed by atoms with van der Waals surface area (Å²) in [6.45, 7) is 1.32. The van der Waals surface area contributed by atoms with Crippen LogP contribution in [0.1, 0.15) is 41.4 Å². The summed E-state index contributed by atoms with van der Waals surface area (Å²) in [6, 6.07) is 4.67. The highest BCUT2D eigenvalue weighted by Crippen LogP contribution is 2.46. The lowest BCUT2D eigenvalue weighted by atomic mass is 9.92. The number of thioether (sulfide) groups is 1. The molecule has 178 valence electrons. The van der Waals surface area contributed by atoms with Crippen LogP contribution in [0.25, 0.3) is 0 Å². The second kappa shape index (κ2) is 8.84. The molecule has 0 radical (unpaired) electrons. The summed E-state index contributed by atoms with van der Waals surface area (Å²) in [5, 5.41) is 11.1. The summed E-state index contributed by atoms with van der Waals surface area (Å²) in [7, 11) is 0. The number of aromatic nitrogens is 2. The van der Waals surface area contributed by atoms with Crippen molar-refractivity contribution in [3.8, 4) is 5.88 Å². The van der Waals surface area contributed by atoms with Gasteiger partial charge in [-0.1, -0.05) is 5.16 Å². The van der Waals surface area contributed by atoms with E-state index in [9.17, 15) is 22.4 Å². The van der Waals surface area contributed by atoms with Gasteiger partial charge in [0.25, 0.3) is 11.8 Å². The lowest BCUT2D eigenvalue weighted by Gasteiger charge is -2.47. The number of ether oxygens (including phenoxy) is 1. The van der Waals surface area contributed by atoms with E-state index < -0.39 is 18.0 Å². The van der Waals surface area contributed by atoms with Gasteiger partial charge in [-0.15, -0.1) is 11.8 Å². The summed E-state index contributed by atoms with van der Waals surface area (Å²) >= 11 is 1.79. The van der Waals surface area contributed by atoms with Gasteiger partial charge in [0.15, 0.2) is 11.5 Å². The van der Waals surface area contributed by atoms with Gasteiger partial charge < -0.3 is 19.3 Å². The minimum atomic E-state index is -5.08. The molecule has 2 aliphatic heterocycles. The molecule has 2 aromatic rings. The lowest BCUT2D eigenvalue weighted by molar-refractivity contribution is -0.192. The van der Waals surface area contributed by atoms with E-state index in [1.807, 2.05) is 0 Å². The number of pyridine rings is 1. The number of likely N-dealkylation sites (tertiary alicyclic amines) is 1. The van der Waals surface area contributed by atoms with Crippen LogP contribution < -0.4 is 4.74 Å². The Balaban J connectivity index is 0.000000325. The Morgan fingerprint density at radius 1 is 1.30 bits per heavy atom. The number of rotatable bonds is 4. The normalized spacial score (nSPS) is 21.2. The highest BCUT2D eigenvalue weighted by atomic mass is 32.2. The van der Waals surface area contributed by atoms with Gasteiger partial charge in [0, 0.05) is 43.4 Å². The first-order chi connectivity index (χ1) is 15.6. The van der Waals surface area contributed by atoms with Crippen molar-refractivity contribution in [3.05, 3.63) is 41.7 Å². The first-order valence-corrected chi connectivity index (χ1v) is 11.0. The summed E-state index contributed by atoms with van der Waals surface area (Å²) in [5.74, 6) is -1.18. The van der Waals surface area contributed by atoms with Crippen molar-refractivity contribution in [1.82, 2.24) is 15.0 Å². The first-order valence-electron chi connectivity index (χ1n) is 10.0. The highest BCUT2D eigenvalue weighted by Gasteiger charge is 2.52. The van der Waals surface area contributed by atoms with Crippen LogP contribution in [0.15, 0.2) is 28.9 Å². The Labute approximate surface area is 189 Å². The van der Waals surface area contributed by atoms with Gasteiger partial charge >= 0.3 is 12.1 Å². The molecule has 2 aromatic heterocycles. The fraction of sp³-hybridized carbons (Fsp3) is 0.500. The van der Waals surface area contributed by atoms with E-state index in [2.05, 4.69) is 10.1 Å². The van der Waals surface area contributed by atoms with Gasteiger partial charge in [0.05, 0.1) is 4.75 Å². The molecule has 1 amide bonds. The molecule has 33 heavy (non-hydrogen) atoms. The van der Waals surface area contributed by atoms with Crippen LogP contribution >= 0.6 is 11.8 Å². The molecular weight excluding hydrogens is 470 g/mol. The van der Waals surface area contributed by atoms with E-state index in [1.54, 1.807) is 28.8 Å². The number of halogens is 4. The summed E-state index contributed by atoms with van der Waals surface area (Å²) < 4.78 is 56.4. The number of carbonyl (C=O) groups excluding carboxylic acids is 1. The Bertz CT molecular complexity index is 1040. The van der Waals surface area contributed by atoms with Crippen molar-refractivity contribution in [2.24, 2.45) is 0 Å². The van der Waals surface area contributed by atoms with Crippen LogP contribution in [-0.4, -0.2) is 67.9 Å². The van der Waals surface area contributed by atoms with E-state index in [0.29, 0.717) is 24.7 Å². The molecule has 4 heterocycles. The van der Waals surface area contributed by atoms with Gasteiger partial charge in [-0.05, 0) is 25.0 Å². The number of aliphatic carboxylic acids is 1. The molecule has 1 aliphatic carbocycles. The maximum Gasteiger partial charge on any atom is 0.490 e. The number of hydrogen-bond acceptors (Lipinski definition) is 7. The SMILES string of the molecule is O=C(O)C(F)(F)F.O=C(c1cc(C2CC2)on1)N1CC2(CC(Oc3ncccc3F)CS2)C1. The van der Waals surface area contributed by atoms with Crippen LogP contribution in [0, 0.1) is 5.82 Å². The number of nitrogens with zero attached hydrogens (tertiary/aromatic N) is 3. The van der Waals surface area contributed by atoms with Crippen LogP contribution in [0.4, 0.5) is 17.6 Å². The minimum Gasteiger partial charge on any atom is -0.475 e. The molecule has 0 bridgehead atoms. The molecule has 3 aliphatic rings. The molecule has 1 N–H and O–H groups in total. The zero-order valence-electron chi connectivity index (χ0n) is 17.0. The Hall–Kier alpha value is -2.83. The van der Waals surface area contributed by atoms with E-state index in [1.165, 1.54) is 12.3 Å². The molecule has 2 saturated heterocycles. The average Bonchev–Trinajstić information content (AvgIpc) is 3.30. The number of amides is 1. The van der Waals surface area contributed by atoms with Crippen LogP contribution in [0.2, 0.25) is 0 Å². The quantitative estimate of drug-likeness (QED) is 0.651. The minimum absolute atomic E-state index is 0.00532. The van der Waals surface area contributed by atoms with Gasteiger partial charge in [-0.2, -0.15) is 13.2 Å². The Morgan fingerprint density at radius 2 is 2.00 bits per heavy atom. The zero-order chi connectivity index (χ0) is 23.8. The standard InChI is InChI=1S/C18H18FN3O3S.C2HF3O2/c19-13-2-1-5-20-16(13)24-12-7-18(26-8-12)9-22(10-18)17(23)14-6-15(25-21-14)11-3-4-11;3-2(4,5)1(6)7/h1-2,5-6,11-12H,3-4,7-10H2;(H,6,7). The van der Waals surface area contributed by atoms with E-state index in [4.69, 9.17) is 19.2 Å². The van der Waals surface area contributed by atoms with Gasteiger partial charge in [-0.25, -0.2) is 14.2 Å². The molecule has 5 rings (SSSR count). The predicted octanol–water partition coefficient (Wildman–Crippen LogP) is 3.50. The topological polar surface area (TPSA) is 106 Å². The largest absolute Gasteiger partial charge is 0.490 e. The molecule has 1 unspecified atom stereocenters. The number of carboxylic acid groups (broad SMARTS) is 1. The first kappa shape index (κ1) is 23.3. The van der Waals surface area contributed by atoms with Crippen molar-refractivity contribution in [2.75, 3.05) is 18.8 Å². The van der Waals surface area contributed by atoms with Gasteiger partial charge in [0.1, 0.15) is 11.9 Å². The number of carboxylic acids is 1. The van der Waals surface area contributed by atoms with Crippen molar-refractivity contribution in [3.63, 3.8) is 0 Å². The number of hydrogen-bond donors (Lipinski definition) is 1. The highest BCUT2D eigenvalue weighted by molar-refractivity contribution is 8.01. The third-order valence-corrected chi connectivity index (χ3v) is 6.97. The molecule has 1 saturated carbocycles. The molecule has 1 spiro atoms. The maximum atomic E-state index is 13.7. The molecule has 1 atom stereocenters. The van der Waals surface area contributed by atoms with E-state index >= 15 is 0 Å². The van der Waals surface area contributed by atoms with Crippen molar-refractivity contribution in [2.45, 2.75) is 42.2 Å². The van der Waals surface area contributed by atoms with E-state index in [-0.39, 0.29) is 22.6 Å². The smallest absolute Gasteiger partial charge is 0.475 e. The van der Waals surface area contributed by atoms with E-state index in [0.717, 1.165) is 30.8 Å². The van der Waals surface area contributed by atoms with Gasteiger partial charge in [-0.3, -0.25) is 4.79 Å². The Kier molecular flexibility index (Phi) is 6.25. The Morgan fingerprint density at radius 3 is 2.61 bits per heavy atom. The predicted molar refractivity (Wildman–Crippen MR) is 106 cm³/mol. The van der Waals surface area contributed by atoms with Crippen molar-refractivity contribution in [1.29, 1.82) is 0 Å². The molecular formula is C20H19F4N3O5S. The zero-order valence-corrected chi connectivity index (χ0v) is 17.9. The second-order valence-electron chi connectivity index (χ2n) is 8.08. The fourth-order valence-corrected chi connectivity index (χ4v) is 5.14. The number of carbonyl (C=O) groups is 2.